The lowest BCUT2D eigenvalue weighted by Crippen LogP contribution is -2.49. The number of nitriles is 1. The van der Waals surface area contributed by atoms with Crippen molar-refractivity contribution in [3.05, 3.63) is 30.3 Å². The second kappa shape index (κ2) is 4.43. The van der Waals surface area contributed by atoms with Gasteiger partial charge in [0.1, 0.15) is 0 Å². The molecule has 1 aromatic carbocycles. The summed E-state index contributed by atoms with van der Waals surface area (Å²) >= 11 is 0. The Hall–Kier alpha value is -1.07. The van der Waals surface area contributed by atoms with Crippen LogP contribution >= 0.6 is 0 Å². The number of hydrogen-bond acceptors (Lipinski definition) is 1. The van der Waals surface area contributed by atoms with Crippen molar-refractivity contribution in [1.82, 2.24) is 0 Å². The van der Waals surface area contributed by atoms with Crippen LogP contribution in [0.2, 0.25) is 18.6 Å². The van der Waals surface area contributed by atoms with E-state index < -0.39 is 8.07 Å². The number of rotatable bonds is 2. The molecule has 1 atom stereocenters. The van der Waals surface area contributed by atoms with E-state index in [1.165, 1.54) is 5.19 Å². The fourth-order valence-electron chi connectivity index (χ4n) is 2.47. The van der Waals surface area contributed by atoms with Crippen LogP contribution in [0.3, 0.4) is 0 Å². The van der Waals surface area contributed by atoms with Crippen molar-refractivity contribution >= 4 is 13.3 Å². The maximum absolute atomic E-state index is 9.44. The van der Waals surface area contributed by atoms with Gasteiger partial charge >= 0.3 is 0 Å². The monoisotopic (exact) mass is 231 g/mol. The van der Waals surface area contributed by atoms with Crippen LogP contribution in [0, 0.1) is 16.7 Å². The van der Waals surface area contributed by atoms with E-state index in [0.29, 0.717) is 0 Å². The summed E-state index contributed by atoms with van der Waals surface area (Å²) in [5, 5.41) is 10.8. The summed E-state index contributed by atoms with van der Waals surface area (Å²) in [5.41, 5.74) is 0.197. The second-order valence-corrected chi connectivity index (χ2v) is 10.6. The number of benzene rings is 1. The Morgan fingerprint density at radius 1 is 1.12 bits per heavy atom. The summed E-state index contributed by atoms with van der Waals surface area (Å²) in [4.78, 5) is 0. The van der Waals surface area contributed by atoms with Crippen LogP contribution < -0.4 is 5.19 Å². The summed E-state index contributed by atoms with van der Waals surface area (Å²) in [6, 6.07) is 13.1. The van der Waals surface area contributed by atoms with Crippen molar-refractivity contribution < 1.29 is 0 Å². The van der Waals surface area contributed by atoms with Crippen LogP contribution in [-0.2, 0) is 0 Å². The summed E-state index contributed by atoms with van der Waals surface area (Å²) < 4.78 is 0. The molecular formula is C14H21NSi. The first-order valence-electron chi connectivity index (χ1n) is 5.75. The molecule has 86 valence electrons. The van der Waals surface area contributed by atoms with Gasteiger partial charge in [0.25, 0.3) is 0 Å². The van der Waals surface area contributed by atoms with Crippen molar-refractivity contribution in [2.24, 2.45) is 5.41 Å². The Balaban J connectivity index is 3.16. The summed E-state index contributed by atoms with van der Waals surface area (Å²) in [7, 11) is -1.71. The average Bonchev–Trinajstić information content (AvgIpc) is 2.17. The fourth-order valence-corrected chi connectivity index (χ4v) is 6.34. The molecule has 0 amide bonds. The highest BCUT2D eigenvalue weighted by Gasteiger charge is 2.41. The largest absolute Gasteiger partial charge is 0.198 e. The van der Waals surface area contributed by atoms with Crippen molar-refractivity contribution in [1.29, 1.82) is 5.26 Å². The van der Waals surface area contributed by atoms with Crippen molar-refractivity contribution in [3.8, 4) is 6.07 Å². The van der Waals surface area contributed by atoms with Gasteiger partial charge in [-0.15, -0.1) is 0 Å². The third-order valence-corrected chi connectivity index (χ3v) is 7.49. The van der Waals surface area contributed by atoms with E-state index in [-0.39, 0.29) is 11.0 Å². The smallest absolute Gasteiger partial charge is 0.0996 e. The van der Waals surface area contributed by atoms with E-state index in [9.17, 15) is 5.26 Å². The first-order chi connectivity index (χ1) is 7.30. The molecule has 0 aliphatic rings. The van der Waals surface area contributed by atoms with Crippen LogP contribution in [0.5, 0.6) is 0 Å². The van der Waals surface area contributed by atoms with E-state index >= 15 is 0 Å². The minimum atomic E-state index is -1.71. The van der Waals surface area contributed by atoms with Gasteiger partial charge in [-0.05, 0) is 5.41 Å². The molecule has 0 spiro atoms. The molecule has 0 fully saturated rings. The Bertz CT molecular complexity index is 381. The summed E-state index contributed by atoms with van der Waals surface area (Å²) in [5.74, 6) is 0. The van der Waals surface area contributed by atoms with E-state index in [1.807, 2.05) is 6.07 Å². The zero-order valence-electron chi connectivity index (χ0n) is 10.9. The van der Waals surface area contributed by atoms with Gasteiger partial charge in [-0.25, -0.2) is 0 Å². The molecule has 2 heteroatoms. The lowest BCUT2D eigenvalue weighted by atomic mass is 9.92. The van der Waals surface area contributed by atoms with Gasteiger partial charge in [-0.1, -0.05) is 69.4 Å². The molecule has 16 heavy (non-hydrogen) atoms. The Morgan fingerprint density at radius 3 is 2.00 bits per heavy atom. The SMILES string of the molecule is CC(C)(C)[C@@H](C#N)[Si](C)(C)c1ccccc1. The summed E-state index contributed by atoms with van der Waals surface area (Å²) in [6.45, 7) is 11.1. The van der Waals surface area contributed by atoms with Crippen LogP contribution in [0.4, 0.5) is 0 Å². The molecule has 0 unspecified atom stereocenters. The molecule has 0 N–H and O–H groups in total. The molecule has 0 saturated carbocycles. The molecule has 0 radical (unpaired) electrons. The van der Waals surface area contributed by atoms with E-state index in [0.717, 1.165) is 0 Å². The van der Waals surface area contributed by atoms with Crippen molar-refractivity contribution in [2.75, 3.05) is 0 Å². The quantitative estimate of drug-likeness (QED) is 0.714. The highest BCUT2D eigenvalue weighted by atomic mass is 28.3. The van der Waals surface area contributed by atoms with Gasteiger partial charge in [0.05, 0.1) is 14.1 Å². The molecule has 0 aliphatic carbocycles. The minimum Gasteiger partial charge on any atom is -0.198 e. The zero-order valence-corrected chi connectivity index (χ0v) is 11.9. The normalized spacial score (nSPS) is 14.2. The molecule has 0 bridgehead atoms. The van der Waals surface area contributed by atoms with Crippen LogP contribution in [0.25, 0.3) is 0 Å². The zero-order chi connectivity index (χ0) is 12.4. The fraction of sp³-hybridized carbons (Fsp3) is 0.500. The molecule has 0 aromatic heterocycles. The maximum Gasteiger partial charge on any atom is 0.0996 e. The molecular weight excluding hydrogens is 210 g/mol. The Labute approximate surface area is 100 Å². The third-order valence-electron chi connectivity index (χ3n) is 3.23. The Morgan fingerprint density at radius 2 is 1.62 bits per heavy atom. The number of nitrogens with zero attached hydrogens (tertiary/aromatic N) is 1. The van der Waals surface area contributed by atoms with E-state index in [4.69, 9.17) is 0 Å². The van der Waals surface area contributed by atoms with Crippen LogP contribution in [-0.4, -0.2) is 8.07 Å². The second-order valence-electron chi connectivity index (χ2n) is 6.02. The average molecular weight is 231 g/mol. The highest BCUT2D eigenvalue weighted by molar-refractivity contribution is 6.91. The standard InChI is InChI=1S/C14H21NSi/c1-14(2,3)13(11-15)16(4,5)12-9-7-6-8-10-12/h6-10,13H,1-5H3/t13-/m1/s1. The summed E-state index contributed by atoms with van der Waals surface area (Å²) in [6.07, 6.45) is 0. The number of hydrogen-bond donors (Lipinski definition) is 0. The minimum absolute atomic E-state index is 0.0559. The third kappa shape index (κ3) is 2.54. The van der Waals surface area contributed by atoms with Gasteiger partial charge in [-0.3, -0.25) is 0 Å². The first-order valence-corrected chi connectivity index (χ1v) is 8.83. The molecule has 0 saturated heterocycles. The molecule has 1 rings (SSSR count). The molecule has 0 heterocycles. The molecule has 1 aromatic rings. The first kappa shape index (κ1) is 13.0. The lowest BCUT2D eigenvalue weighted by Gasteiger charge is -2.37. The van der Waals surface area contributed by atoms with Gasteiger partial charge < -0.3 is 0 Å². The van der Waals surface area contributed by atoms with Gasteiger partial charge in [0.15, 0.2) is 0 Å². The molecule has 0 aliphatic heterocycles. The lowest BCUT2D eigenvalue weighted by molar-refractivity contribution is 0.417. The van der Waals surface area contributed by atoms with Crippen molar-refractivity contribution in [3.63, 3.8) is 0 Å². The van der Waals surface area contributed by atoms with Crippen LogP contribution in [0.15, 0.2) is 30.3 Å². The van der Waals surface area contributed by atoms with E-state index in [1.54, 1.807) is 0 Å². The van der Waals surface area contributed by atoms with Gasteiger partial charge in [0.2, 0.25) is 0 Å². The maximum atomic E-state index is 9.44. The van der Waals surface area contributed by atoms with E-state index in [2.05, 4.69) is 64.2 Å². The highest BCUT2D eigenvalue weighted by Crippen LogP contribution is 2.38. The molecule has 1 nitrogen and oxygen atoms in total. The van der Waals surface area contributed by atoms with Crippen LogP contribution in [0.1, 0.15) is 20.8 Å². The topological polar surface area (TPSA) is 23.8 Å². The predicted octanol–water partition coefficient (Wildman–Crippen LogP) is 3.54. The predicted molar refractivity (Wildman–Crippen MR) is 72.4 cm³/mol. The Kier molecular flexibility index (Phi) is 3.60. The van der Waals surface area contributed by atoms with Gasteiger partial charge in [0, 0.05) is 5.54 Å². The van der Waals surface area contributed by atoms with Gasteiger partial charge in [-0.2, -0.15) is 5.26 Å². The van der Waals surface area contributed by atoms with Crippen molar-refractivity contribution in [2.45, 2.75) is 39.4 Å².